The number of fused-ring (bicyclic) bond motifs is 5. The van der Waals surface area contributed by atoms with Crippen LogP contribution in [-0.4, -0.2) is 191 Å². The van der Waals surface area contributed by atoms with Crippen LogP contribution >= 0.6 is 0 Å². The van der Waals surface area contributed by atoms with Crippen molar-refractivity contribution in [2.45, 2.75) is 216 Å². The molecular formula is C47H80O18. The third kappa shape index (κ3) is 8.83. The first-order valence-electron chi connectivity index (χ1n) is 23.9. The summed E-state index contributed by atoms with van der Waals surface area (Å²) >= 11 is 0. The molecule has 25 unspecified atom stereocenters. The van der Waals surface area contributed by atoms with E-state index in [0.717, 1.165) is 32.1 Å². The van der Waals surface area contributed by atoms with Crippen molar-refractivity contribution in [2.75, 3.05) is 19.8 Å². The highest BCUT2D eigenvalue weighted by Crippen LogP contribution is 2.76. The van der Waals surface area contributed by atoms with Crippen molar-refractivity contribution < 1.29 is 89.7 Å². The fourth-order valence-electron chi connectivity index (χ4n) is 14.5. The fraction of sp³-hybridized carbons (Fsp3) is 0.957. The number of ether oxygens (including phenoxy) is 6. The summed E-state index contributed by atoms with van der Waals surface area (Å²) in [5, 5.41) is 131. The zero-order chi connectivity index (χ0) is 47.9. The van der Waals surface area contributed by atoms with Crippen LogP contribution in [0.3, 0.4) is 0 Å². The van der Waals surface area contributed by atoms with Gasteiger partial charge in [-0.3, -0.25) is 0 Å². The second-order valence-corrected chi connectivity index (χ2v) is 22.6. The van der Waals surface area contributed by atoms with Crippen LogP contribution in [0.1, 0.15) is 106 Å². The molecule has 4 saturated carbocycles. The third-order valence-electron chi connectivity index (χ3n) is 18.6. The van der Waals surface area contributed by atoms with Crippen LogP contribution in [0.25, 0.3) is 0 Å². The maximum absolute atomic E-state index is 12.3. The monoisotopic (exact) mass is 933 g/mol. The van der Waals surface area contributed by atoms with E-state index in [2.05, 4.69) is 41.2 Å². The molecule has 0 bridgehead atoms. The van der Waals surface area contributed by atoms with E-state index in [1.54, 1.807) is 6.92 Å². The zero-order valence-corrected chi connectivity index (χ0v) is 39.1. The van der Waals surface area contributed by atoms with E-state index in [1.165, 1.54) is 0 Å². The van der Waals surface area contributed by atoms with Crippen molar-refractivity contribution in [2.24, 2.45) is 45.3 Å². The molecule has 7 rings (SSSR count). The number of aliphatic hydroxyl groups excluding tert-OH is 11. The largest absolute Gasteiger partial charge is 0.394 e. The van der Waals surface area contributed by atoms with E-state index >= 15 is 0 Å². The summed E-state index contributed by atoms with van der Waals surface area (Å²) in [6.45, 7) is 17.0. The van der Waals surface area contributed by atoms with Crippen LogP contribution in [0.15, 0.2) is 12.2 Å². The summed E-state index contributed by atoms with van der Waals surface area (Å²) in [6, 6.07) is 0. The summed E-state index contributed by atoms with van der Waals surface area (Å²) in [5.41, 5.74) is -1.62. The predicted molar refractivity (Wildman–Crippen MR) is 229 cm³/mol. The van der Waals surface area contributed by atoms with Gasteiger partial charge < -0.3 is 89.7 Å². The Hall–Kier alpha value is -0.980. The Labute approximate surface area is 382 Å². The first-order chi connectivity index (χ1) is 30.3. The second-order valence-electron chi connectivity index (χ2n) is 22.6. The Kier molecular flexibility index (Phi) is 15.1. The Morgan fingerprint density at radius 1 is 0.692 bits per heavy atom. The lowest BCUT2D eigenvalue weighted by molar-refractivity contribution is -0.395. The van der Waals surface area contributed by atoms with Gasteiger partial charge in [-0.05, 0) is 117 Å². The molecule has 7 fully saturated rings. The summed E-state index contributed by atoms with van der Waals surface area (Å²) in [7, 11) is 0. The highest BCUT2D eigenvalue weighted by atomic mass is 16.8. The molecule has 3 saturated heterocycles. The van der Waals surface area contributed by atoms with Crippen molar-refractivity contribution in [3.63, 3.8) is 0 Å². The van der Waals surface area contributed by atoms with E-state index in [9.17, 15) is 61.3 Å². The smallest absolute Gasteiger partial charge is 0.187 e. The van der Waals surface area contributed by atoms with Crippen molar-refractivity contribution >= 4 is 0 Å². The molecule has 0 amide bonds. The Bertz CT molecular complexity index is 1650. The van der Waals surface area contributed by atoms with Gasteiger partial charge in [0.15, 0.2) is 18.9 Å². The summed E-state index contributed by atoms with van der Waals surface area (Å²) in [6.07, 6.45) is -18.6. The average molecular weight is 933 g/mol. The zero-order valence-electron chi connectivity index (χ0n) is 39.1. The maximum Gasteiger partial charge on any atom is 0.187 e. The molecule has 0 aromatic heterocycles. The minimum atomic E-state index is -1.84. The lowest BCUT2D eigenvalue weighted by atomic mass is 9.35. The molecule has 376 valence electrons. The van der Waals surface area contributed by atoms with Crippen LogP contribution in [0.4, 0.5) is 0 Å². The molecule has 18 nitrogen and oxygen atoms in total. The molecular weight excluding hydrogens is 852 g/mol. The van der Waals surface area contributed by atoms with Gasteiger partial charge in [-0.25, -0.2) is 0 Å². The molecule has 3 heterocycles. The van der Waals surface area contributed by atoms with Crippen molar-refractivity contribution in [1.29, 1.82) is 0 Å². The molecule has 7 aliphatic rings. The van der Waals surface area contributed by atoms with Crippen molar-refractivity contribution in [3.05, 3.63) is 12.2 Å². The molecule has 0 aromatic rings. The quantitative estimate of drug-likeness (QED) is 0.0825. The van der Waals surface area contributed by atoms with Gasteiger partial charge in [0, 0.05) is 0 Å². The molecule has 25 atom stereocenters. The van der Waals surface area contributed by atoms with Crippen LogP contribution in [0.5, 0.6) is 0 Å². The Balaban J connectivity index is 1.11. The van der Waals surface area contributed by atoms with Crippen molar-refractivity contribution in [1.82, 2.24) is 0 Å². The molecule has 4 aliphatic carbocycles. The van der Waals surface area contributed by atoms with Gasteiger partial charge in [0.1, 0.15) is 67.1 Å². The van der Waals surface area contributed by atoms with Gasteiger partial charge in [0.25, 0.3) is 0 Å². The number of hydrogen-bond donors (Lipinski definition) is 12. The molecule has 0 aromatic carbocycles. The van der Waals surface area contributed by atoms with E-state index in [4.69, 9.17) is 28.4 Å². The van der Waals surface area contributed by atoms with Crippen LogP contribution < -0.4 is 0 Å². The first-order valence-corrected chi connectivity index (χ1v) is 23.9. The highest BCUT2D eigenvalue weighted by Gasteiger charge is 2.72. The lowest BCUT2D eigenvalue weighted by Gasteiger charge is -2.70. The highest BCUT2D eigenvalue weighted by molar-refractivity contribution is 5.20. The van der Waals surface area contributed by atoms with E-state index in [-0.39, 0.29) is 39.9 Å². The summed E-state index contributed by atoms with van der Waals surface area (Å²) < 4.78 is 36.4. The van der Waals surface area contributed by atoms with Crippen LogP contribution in [0, 0.1) is 45.3 Å². The molecule has 18 heteroatoms. The Morgan fingerprint density at radius 3 is 1.82 bits per heavy atom. The average Bonchev–Trinajstić information content (AvgIpc) is 3.64. The van der Waals surface area contributed by atoms with Crippen LogP contribution in [0.2, 0.25) is 0 Å². The normalized spacial score (nSPS) is 52.4. The minimum Gasteiger partial charge on any atom is -0.394 e. The van der Waals surface area contributed by atoms with E-state index < -0.39 is 135 Å². The van der Waals surface area contributed by atoms with Crippen molar-refractivity contribution in [3.8, 4) is 0 Å². The SMILES string of the molecule is C=C(C)C(O)CCC(C)(O)C1CCC2(C)C1C(O)CC1C3(C)CCC(OC4OC(CO)C(O)C(O)C4OC4OC(CO)C(O)C(O)C4OC4OCC(O)C(O)C4O)C(C)(C)C3CCC12C. The lowest BCUT2D eigenvalue weighted by Crippen LogP contribution is -2.68. The first kappa shape index (κ1) is 51.9. The van der Waals surface area contributed by atoms with Gasteiger partial charge in [-0.15, -0.1) is 0 Å². The molecule has 0 radical (unpaired) electrons. The summed E-state index contributed by atoms with van der Waals surface area (Å²) in [4.78, 5) is 0. The van der Waals surface area contributed by atoms with Crippen LogP contribution in [-0.2, 0) is 28.4 Å². The van der Waals surface area contributed by atoms with E-state index in [1.807, 2.05) is 6.92 Å². The number of aliphatic hydroxyl groups is 12. The fourth-order valence-corrected chi connectivity index (χ4v) is 14.5. The van der Waals surface area contributed by atoms with Gasteiger partial charge >= 0.3 is 0 Å². The third-order valence-corrected chi connectivity index (χ3v) is 18.6. The van der Waals surface area contributed by atoms with Gasteiger partial charge in [-0.1, -0.05) is 46.8 Å². The predicted octanol–water partition coefficient (Wildman–Crippen LogP) is -0.417. The topological polar surface area (TPSA) is 298 Å². The molecule has 65 heavy (non-hydrogen) atoms. The van der Waals surface area contributed by atoms with Gasteiger partial charge in [0.2, 0.25) is 0 Å². The van der Waals surface area contributed by atoms with E-state index in [0.29, 0.717) is 31.3 Å². The molecule has 12 N–H and O–H groups in total. The maximum atomic E-state index is 12.3. The number of rotatable bonds is 13. The Morgan fingerprint density at radius 2 is 1.25 bits per heavy atom. The standard InChI is InChI=1S/C47H80O18/c1-21(2)23(50)10-16-47(8,59)22-9-14-46(7)31(22)24(51)17-29-44(5)13-12-30(43(3,4)28(44)11-15-45(29,46)6)63-41-38(35(56)33(54)26(18-48)61-41)65-42-39(36(57)34(55)27(19-49)62-42)64-40-37(58)32(53)25(52)20-60-40/h22-42,48-59H,1,9-20H2,2-8H3. The van der Waals surface area contributed by atoms with Gasteiger partial charge in [0.05, 0.1) is 43.7 Å². The molecule has 0 spiro atoms. The minimum absolute atomic E-state index is 0.0902. The second kappa shape index (κ2) is 19.0. The summed E-state index contributed by atoms with van der Waals surface area (Å²) in [5.74, 6) is -0.0316. The molecule has 3 aliphatic heterocycles. The number of hydrogen-bond acceptors (Lipinski definition) is 18. The van der Waals surface area contributed by atoms with Gasteiger partial charge in [-0.2, -0.15) is 0 Å².